The summed E-state index contributed by atoms with van der Waals surface area (Å²) in [6.45, 7) is 26.1. The van der Waals surface area contributed by atoms with Gasteiger partial charge in [0.05, 0.1) is 0 Å². The molecule has 0 aromatic heterocycles. The third-order valence-electron chi connectivity index (χ3n) is 10.0. The molecule has 0 unspecified atom stereocenters. The van der Waals surface area contributed by atoms with Crippen LogP contribution in [0.2, 0.25) is 0 Å². The molecule has 0 atom stereocenters. The van der Waals surface area contributed by atoms with E-state index in [1.165, 1.54) is 11.1 Å². The van der Waals surface area contributed by atoms with Gasteiger partial charge in [-0.1, -0.05) is 5.92 Å². The monoisotopic (exact) mass is 1060 g/mol. The predicted molar refractivity (Wildman–Crippen MR) is 206 cm³/mol. The second-order valence-electron chi connectivity index (χ2n) is 14.8. The molecule has 0 amide bonds. The molecule has 4 heterocycles. The maximum atomic E-state index is 3.88. The van der Waals surface area contributed by atoms with Crippen molar-refractivity contribution >= 4 is 22.7 Å². The molecular weight excluding hydrogens is 1020 g/mol. The van der Waals surface area contributed by atoms with Crippen molar-refractivity contribution in [2.24, 2.45) is 0 Å². The number of fused-ring (bicyclic) bond motifs is 3. The number of hydrogen-bond acceptors (Lipinski definition) is 8. The smallest absolute Gasteiger partial charge is 0.520 e. The van der Waals surface area contributed by atoms with Crippen molar-refractivity contribution in [2.75, 3.05) is 19.6 Å². The Morgan fingerprint density at radius 3 is 1.06 bits per heavy atom. The first kappa shape index (κ1) is 39.1. The first-order valence-corrected chi connectivity index (χ1v) is 18.0. The molecule has 0 bridgehead atoms. The van der Waals surface area contributed by atoms with Gasteiger partial charge in [-0.25, -0.2) is 17.4 Å². The van der Waals surface area contributed by atoms with Gasteiger partial charge in [0.15, 0.2) is 0 Å². The van der Waals surface area contributed by atoms with Crippen LogP contribution in [0.25, 0.3) is 11.1 Å². The number of hydrogen-bond donors (Lipinski definition) is 0. The van der Waals surface area contributed by atoms with Crippen molar-refractivity contribution < 1.29 is 42.1 Å². The summed E-state index contributed by atoms with van der Waals surface area (Å²) < 4.78 is 0. The predicted octanol–water partition coefficient (Wildman–Crippen LogP) is 8.53. The average Bonchev–Trinajstić information content (AvgIpc) is 3.96. The largest absolute Gasteiger partial charge is 4.00 e. The van der Waals surface area contributed by atoms with Gasteiger partial charge in [0.2, 0.25) is 0 Å². The zero-order valence-electron chi connectivity index (χ0n) is 31.4. The van der Waals surface area contributed by atoms with Crippen LogP contribution < -0.4 is 19.6 Å². The fraction of sp³-hybridized carbons (Fsp3) is 0.302. The molecule has 5 aliphatic rings. The first-order chi connectivity index (χ1) is 24.5. The van der Waals surface area contributed by atoms with Gasteiger partial charge in [0.1, 0.15) is 0 Å². The molecule has 278 valence electrons. The van der Waals surface area contributed by atoms with Crippen LogP contribution in [0, 0.1) is 50.9 Å². The van der Waals surface area contributed by atoms with E-state index in [1.807, 2.05) is 0 Å². The van der Waals surface area contributed by atoms with Gasteiger partial charge in [0.25, 0.3) is 0 Å². The maximum Gasteiger partial charge on any atom is 4.00 e. The summed E-state index contributed by atoms with van der Waals surface area (Å²) in [4.78, 5) is 17.5. The summed E-state index contributed by atoms with van der Waals surface area (Å²) in [5.41, 5.74) is 9.41. The topological polar surface area (TPSA) is 25.9 Å². The number of nitrogens with zero attached hydrogens (tertiary/aromatic N) is 8. The van der Waals surface area contributed by atoms with Crippen LogP contribution in [0.5, 0.6) is 0 Å². The molecule has 0 saturated carbocycles. The van der Waals surface area contributed by atoms with E-state index in [4.69, 9.17) is 0 Å². The van der Waals surface area contributed by atoms with E-state index in [1.54, 1.807) is 0 Å². The van der Waals surface area contributed by atoms with E-state index in [2.05, 4.69) is 225 Å². The Bertz CT molecular complexity index is 1780. The van der Waals surface area contributed by atoms with Crippen LogP contribution in [-0.4, -0.2) is 43.8 Å². The van der Waals surface area contributed by atoms with E-state index in [9.17, 15) is 0 Å². The molecule has 53 heavy (non-hydrogen) atoms. The van der Waals surface area contributed by atoms with Crippen molar-refractivity contribution in [2.45, 2.75) is 85.5 Å². The quantitative estimate of drug-likeness (QED) is 0.154. The Morgan fingerprint density at radius 2 is 0.755 bits per heavy atom. The molecule has 3 aromatic carbocycles. The van der Waals surface area contributed by atoms with Gasteiger partial charge in [-0.15, -0.1) is 11.4 Å². The van der Waals surface area contributed by atoms with E-state index in [0.717, 1.165) is 39.4 Å². The van der Waals surface area contributed by atoms with E-state index in [-0.39, 0.29) is 48.0 Å². The molecule has 8 rings (SSSR count). The van der Waals surface area contributed by atoms with Crippen LogP contribution >= 0.6 is 0 Å². The molecule has 0 radical (unpaired) electrons. The molecule has 3 aromatic rings. The Kier molecular flexibility index (Phi) is 11.5. The van der Waals surface area contributed by atoms with Crippen LogP contribution in [0.4, 0.5) is 22.7 Å². The van der Waals surface area contributed by atoms with Crippen LogP contribution in [0.1, 0.15) is 78.0 Å². The summed E-state index contributed by atoms with van der Waals surface area (Å²) >= 11 is 0. The van der Waals surface area contributed by atoms with Crippen LogP contribution in [-0.2, 0) is 42.1 Å². The van der Waals surface area contributed by atoms with Crippen molar-refractivity contribution in [3.05, 3.63) is 148 Å². The van der Waals surface area contributed by atoms with Crippen molar-refractivity contribution in [3.63, 3.8) is 0 Å². The Balaban J connectivity index is 0.00000240. The fourth-order valence-electron chi connectivity index (χ4n) is 6.86. The van der Waals surface area contributed by atoms with Gasteiger partial charge >= 0.3 is 42.1 Å². The summed E-state index contributed by atoms with van der Waals surface area (Å²) in [7, 11) is 0. The molecule has 0 spiro atoms. The summed E-state index contributed by atoms with van der Waals surface area (Å²) in [5.74, 6) is -0.185. The number of benzene rings is 3. The van der Waals surface area contributed by atoms with Crippen LogP contribution in [0.3, 0.4) is 0 Å². The van der Waals surface area contributed by atoms with Crippen LogP contribution in [0.15, 0.2) is 79.9 Å². The minimum absolute atomic E-state index is 0. The van der Waals surface area contributed by atoms with Gasteiger partial charge in [-0.3, -0.25) is 5.56 Å². The van der Waals surface area contributed by atoms with Gasteiger partial charge in [-0.05, 0) is 129 Å². The van der Waals surface area contributed by atoms with Crippen molar-refractivity contribution in [1.82, 2.24) is 19.6 Å². The van der Waals surface area contributed by atoms with Gasteiger partial charge < -0.3 is 51.3 Å². The fourth-order valence-corrected chi connectivity index (χ4v) is 6.86. The second kappa shape index (κ2) is 15.6. The van der Waals surface area contributed by atoms with E-state index in [0.29, 0.717) is 24.2 Å². The average molecular weight is 1070 g/mol. The number of rotatable bonds is 9. The minimum atomic E-state index is -0.185. The summed E-state index contributed by atoms with van der Waals surface area (Å²) in [5, 5.41) is 0. The Hall–Kier alpha value is -3.60. The Morgan fingerprint density at radius 1 is 0.434 bits per heavy atom. The number of anilines is 4. The first-order valence-electron chi connectivity index (χ1n) is 18.0. The second-order valence-corrected chi connectivity index (χ2v) is 14.8. The van der Waals surface area contributed by atoms with Gasteiger partial charge in [0, 0.05) is 0 Å². The zero-order chi connectivity index (χ0) is 35.6. The van der Waals surface area contributed by atoms with Crippen molar-refractivity contribution in [1.29, 1.82) is 0 Å². The Labute approximate surface area is 346 Å². The molecule has 0 fully saturated rings. The molecule has 1 aliphatic carbocycles. The molecule has 10 heteroatoms. The molecule has 8 nitrogen and oxygen atoms in total. The standard InChI is InChI=1S/C43H46N8.2Pt/c1-30(2)44-13-17-48(26-44)35-9-11-39-40-12-10-36(49-18-14-45(27-49)31(3)4)25-42(40)43(41(39)24-35)34-21-37(50-19-15-46(28-50)32(5)6)23-38(22-34)51-20-16-47(29-51)33(7)8;;/h9-20,23,26-33,43H,1-8H3;;/q-8;2*+4. The third-order valence-corrected chi connectivity index (χ3v) is 10.0. The SMILES string of the molecule is CC(C)N1C=CN(c2[c-]c3c(cc2)-c2ccc(N4C=CN(C(C)C)[CH-]4)[c-]c2C3c2[c-]c(N3C=CN(C(C)C)[CH-]3)cc(N3C=CN(C(C)C)[CH-]3)[c-]2)[CH-]1.[Pt+4].[Pt+4]. The van der Waals surface area contributed by atoms with Crippen molar-refractivity contribution in [3.8, 4) is 11.1 Å². The summed E-state index contributed by atoms with van der Waals surface area (Å²) in [6, 6.07) is 27.9. The molecule has 0 saturated heterocycles. The molecular formula is C43H46N8Pt2. The zero-order valence-corrected chi connectivity index (χ0v) is 36.0. The third kappa shape index (κ3) is 7.43. The van der Waals surface area contributed by atoms with E-state index >= 15 is 0 Å². The van der Waals surface area contributed by atoms with E-state index < -0.39 is 0 Å². The molecule has 4 aliphatic heterocycles. The normalized spacial score (nSPS) is 17.6. The van der Waals surface area contributed by atoms with Gasteiger partial charge in [-0.2, -0.15) is 85.3 Å². The minimum Gasteiger partial charge on any atom is -0.520 e. The maximum absolute atomic E-state index is 3.88. The summed E-state index contributed by atoms with van der Waals surface area (Å²) in [6.07, 6.45) is 16.9. The molecule has 0 N–H and O–H groups in total.